The molecule has 0 amide bonds. The van der Waals surface area contributed by atoms with Crippen molar-refractivity contribution in [3.63, 3.8) is 0 Å². The van der Waals surface area contributed by atoms with Crippen LogP contribution in [-0.2, 0) is 0 Å². The standard InChI is InChI=1S/C7H7N5/c8-11-7-5-2-1-3-9-6(5)4-10-12-7/h1-4H,8H2,(H,11,12). The van der Waals surface area contributed by atoms with Crippen molar-refractivity contribution >= 4 is 10.9 Å². The molecule has 0 unspecified atom stereocenters. The Bertz CT molecular complexity index is 453. The lowest BCUT2D eigenvalue weighted by atomic mass is 10.3. The maximum absolute atomic E-state index is 5.14. The molecule has 5 nitrogen and oxygen atoms in total. The third-order valence-corrected chi connectivity index (χ3v) is 1.58. The third kappa shape index (κ3) is 0.914. The minimum atomic E-state index is 0.542. The normalized spacial score (nSPS) is 12.2. The van der Waals surface area contributed by atoms with Gasteiger partial charge in [-0.3, -0.25) is 10.1 Å². The minimum absolute atomic E-state index is 0.542. The van der Waals surface area contributed by atoms with Crippen LogP contribution in [-0.4, -0.2) is 15.2 Å². The summed E-state index contributed by atoms with van der Waals surface area (Å²) in [4.78, 5) is 4.09. The number of rotatable bonds is 0. The first-order valence-corrected chi connectivity index (χ1v) is 3.44. The fourth-order valence-electron chi connectivity index (χ4n) is 1.03. The molecule has 0 aliphatic carbocycles. The second-order valence-corrected chi connectivity index (χ2v) is 2.28. The van der Waals surface area contributed by atoms with Crippen LogP contribution in [0.1, 0.15) is 0 Å². The molecule has 0 aliphatic rings. The van der Waals surface area contributed by atoms with Crippen molar-refractivity contribution in [2.24, 2.45) is 10.9 Å². The Hall–Kier alpha value is -1.91. The van der Waals surface area contributed by atoms with E-state index in [-0.39, 0.29) is 0 Å². The summed E-state index contributed by atoms with van der Waals surface area (Å²) < 4.78 is 0. The van der Waals surface area contributed by atoms with E-state index in [4.69, 9.17) is 5.84 Å². The van der Waals surface area contributed by atoms with Crippen LogP contribution >= 0.6 is 0 Å². The van der Waals surface area contributed by atoms with E-state index in [2.05, 4.69) is 20.3 Å². The Morgan fingerprint density at radius 3 is 3.25 bits per heavy atom. The average molecular weight is 161 g/mol. The Morgan fingerprint density at radius 1 is 1.50 bits per heavy atom. The highest BCUT2D eigenvalue weighted by molar-refractivity contribution is 5.75. The predicted octanol–water partition coefficient (Wildman–Crippen LogP) is -0.268. The molecule has 2 heterocycles. The van der Waals surface area contributed by atoms with Gasteiger partial charge in [0.25, 0.3) is 0 Å². The largest absolute Gasteiger partial charge is 0.321 e. The Balaban J connectivity index is 2.99. The van der Waals surface area contributed by atoms with E-state index >= 15 is 0 Å². The van der Waals surface area contributed by atoms with E-state index in [1.165, 1.54) is 0 Å². The van der Waals surface area contributed by atoms with Gasteiger partial charge < -0.3 is 5.84 Å². The number of fused-ring (bicyclic) bond motifs is 1. The number of nitrogens with zero attached hydrogens (tertiary/aromatic N) is 3. The molecule has 0 saturated carbocycles. The molecule has 5 heteroatoms. The number of hydrogen-bond donors (Lipinski definition) is 2. The lowest BCUT2D eigenvalue weighted by molar-refractivity contribution is 0.942. The SMILES string of the molecule is N/N=c1\[nH]ncc2ncccc12. The van der Waals surface area contributed by atoms with Crippen molar-refractivity contribution in [2.45, 2.75) is 0 Å². The van der Waals surface area contributed by atoms with Crippen LogP contribution in [0.3, 0.4) is 0 Å². The van der Waals surface area contributed by atoms with Crippen molar-refractivity contribution in [1.29, 1.82) is 0 Å². The van der Waals surface area contributed by atoms with Crippen molar-refractivity contribution in [3.05, 3.63) is 30.0 Å². The van der Waals surface area contributed by atoms with Crippen molar-refractivity contribution < 1.29 is 0 Å². The van der Waals surface area contributed by atoms with Crippen LogP contribution in [0.15, 0.2) is 29.6 Å². The molecule has 0 saturated heterocycles. The van der Waals surface area contributed by atoms with E-state index in [0.717, 1.165) is 10.9 Å². The molecule has 2 aromatic heterocycles. The van der Waals surface area contributed by atoms with Crippen LogP contribution in [0.2, 0.25) is 0 Å². The molecular weight excluding hydrogens is 154 g/mol. The Labute approximate surface area is 67.9 Å². The minimum Gasteiger partial charge on any atom is -0.321 e. The second kappa shape index (κ2) is 2.61. The maximum atomic E-state index is 5.14. The number of nitrogens with one attached hydrogen (secondary N) is 1. The van der Waals surface area contributed by atoms with E-state index in [1.54, 1.807) is 12.4 Å². The molecule has 0 radical (unpaired) electrons. The summed E-state index contributed by atoms with van der Waals surface area (Å²) in [5.74, 6) is 5.14. The quantitative estimate of drug-likeness (QED) is 0.412. The van der Waals surface area contributed by atoms with Gasteiger partial charge in [-0.2, -0.15) is 10.2 Å². The number of hydrogen-bond acceptors (Lipinski definition) is 4. The Morgan fingerprint density at radius 2 is 2.42 bits per heavy atom. The van der Waals surface area contributed by atoms with Crippen molar-refractivity contribution in [3.8, 4) is 0 Å². The molecule has 0 aromatic carbocycles. The van der Waals surface area contributed by atoms with Gasteiger partial charge in [0.15, 0.2) is 5.49 Å². The monoisotopic (exact) mass is 161 g/mol. The topological polar surface area (TPSA) is 80.0 Å². The van der Waals surface area contributed by atoms with Gasteiger partial charge in [0, 0.05) is 11.6 Å². The van der Waals surface area contributed by atoms with Crippen LogP contribution < -0.4 is 11.3 Å². The lowest BCUT2D eigenvalue weighted by Crippen LogP contribution is -2.13. The molecule has 60 valence electrons. The van der Waals surface area contributed by atoms with E-state index in [9.17, 15) is 0 Å². The van der Waals surface area contributed by atoms with E-state index in [0.29, 0.717) is 5.49 Å². The first-order valence-electron chi connectivity index (χ1n) is 3.44. The smallest absolute Gasteiger partial charge is 0.175 e. The number of nitrogens with two attached hydrogens (primary N) is 1. The molecule has 3 N–H and O–H groups in total. The molecule has 0 atom stereocenters. The van der Waals surface area contributed by atoms with Gasteiger partial charge in [-0.1, -0.05) is 0 Å². The summed E-state index contributed by atoms with van der Waals surface area (Å²) in [5, 5.41) is 10.9. The highest BCUT2D eigenvalue weighted by atomic mass is 15.2. The highest BCUT2D eigenvalue weighted by Crippen LogP contribution is 2.00. The summed E-state index contributed by atoms with van der Waals surface area (Å²) in [7, 11) is 0. The predicted molar refractivity (Wildman–Crippen MR) is 43.6 cm³/mol. The fraction of sp³-hybridized carbons (Fsp3) is 0. The summed E-state index contributed by atoms with van der Waals surface area (Å²) in [6.07, 6.45) is 3.33. The first kappa shape index (κ1) is 6.78. The molecule has 0 fully saturated rings. The van der Waals surface area contributed by atoms with Gasteiger partial charge in [0.2, 0.25) is 0 Å². The zero-order valence-corrected chi connectivity index (χ0v) is 6.23. The molecule has 0 aliphatic heterocycles. The second-order valence-electron chi connectivity index (χ2n) is 2.28. The number of H-pyrrole nitrogens is 1. The van der Waals surface area contributed by atoms with Crippen molar-refractivity contribution in [1.82, 2.24) is 15.2 Å². The molecule has 2 rings (SSSR count). The van der Waals surface area contributed by atoms with Gasteiger partial charge in [0.1, 0.15) is 0 Å². The van der Waals surface area contributed by atoms with Gasteiger partial charge in [-0.05, 0) is 12.1 Å². The van der Waals surface area contributed by atoms with Gasteiger partial charge in [0.05, 0.1) is 11.7 Å². The Kier molecular flexibility index (Phi) is 1.48. The maximum Gasteiger partial charge on any atom is 0.175 e. The molecule has 2 aromatic rings. The third-order valence-electron chi connectivity index (χ3n) is 1.58. The fourth-order valence-corrected chi connectivity index (χ4v) is 1.03. The summed E-state index contributed by atoms with van der Waals surface area (Å²) in [5.41, 5.74) is 1.32. The zero-order chi connectivity index (χ0) is 8.39. The van der Waals surface area contributed by atoms with Crippen LogP contribution in [0.4, 0.5) is 0 Å². The van der Waals surface area contributed by atoms with Gasteiger partial charge in [-0.15, -0.1) is 0 Å². The van der Waals surface area contributed by atoms with E-state index in [1.807, 2.05) is 12.1 Å². The summed E-state index contributed by atoms with van der Waals surface area (Å²) in [6, 6.07) is 3.71. The van der Waals surface area contributed by atoms with Crippen LogP contribution in [0.5, 0.6) is 0 Å². The first-order chi connectivity index (χ1) is 5.92. The molecule has 0 bridgehead atoms. The number of aromatic amines is 1. The number of pyridine rings is 1. The van der Waals surface area contributed by atoms with Crippen LogP contribution in [0, 0.1) is 0 Å². The van der Waals surface area contributed by atoms with Crippen LogP contribution in [0.25, 0.3) is 10.9 Å². The van der Waals surface area contributed by atoms with Gasteiger partial charge in [-0.25, -0.2) is 0 Å². The highest BCUT2D eigenvalue weighted by Gasteiger charge is 1.94. The molecule has 12 heavy (non-hydrogen) atoms. The summed E-state index contributed by atoms with van der Waals surface area (Å²) >= 11 is 0. The molecular formula is C7H7N5. The average Bonchev–Trinajstić information content (AvgIpc) is 2.17. The van der Waals surface area contributed by atoms with Gasteiger partial charge >= 0.3 is 0 Å². The van der Waals surface area contributed by atoms with Crippen molar-refractivity contribution in [2.75, 3.05) is 0 Å². The number of aromatic nitrogens is 3. The lowest BCUT2D eigenvalue weighted by Gasteiger charge is -1.93. The zero-order valence-electron chi connectivity index (χ0n) is 6.23. The van der Waals surface area contributed by atoms with E-state index < -0.39 is 0 Å². The summed E-state index contributed by atoms with van der Waals surface area (Å²) in [6.45, 7) is 0. The molecule has 0 spiro atoms.